The number of hydrogen-bond donors (Lipinski definition) is 2. The van der Waals surface area contributed by atoms with E-state index < -0.39 is 0 Å². The summed E-state index contributed by atoms with van der Waals surface area (Å²) in [7, 11) is 0. The van der Waals surface area contributed by atoms with Crippen LogP contribution in [0.3, 0.4) is 0 Å². The Labute approximate surface area is 93.8 Å². The summed E-state index contributed by atoms with van der Waals surface area (Å²) >= 11 is 0. The molecule has 1 unspecified atom stereocenters. The van der Waals surface area contributed by atoms with Gasteiger partial charge in [0.1, 0.15) is 0 Å². The second-order valence-corrected chi connectivity index (χ2v) is 4.67. The lowest BCUT2D eigenvalue weighted by Gasteiger charge is -2.26. The molecule has 0 saturated heterocycles. The first-order valence-corrected chi connectivity index (χ1v) is 6.33. The summed E-state index contributed by atoms with van der Waals surface area (Å²) in [6.45, 7) is 6.21. The van der Waals surface area contributed by atoms with E-state index >= 15 is 0 Å². The molecule has 1 rings (SSSR count). The molecule has 0 heterocycles. The molecule has 0 aromatic rings. The van der Waals surface area contributed by atoms with Gasteiger partial charge in [-0.05, 0) is 39.0 Å². The van der Waals surface area contributed by atoms with Crippen LogP contribution in [-0.2, 0) is 4.74 Å². The summed E-state index contributed by atoms with van der Waals surface area (Å²) in [6.07, 6.45) is 6.18. The predicted molar refractivity (Wildman–Crippen MR) is 63.9 cm³/mol. The molecule has 1 fully saturated rings. The van der Waals surface area contributed by atoms with Gasteiger partial charge in [0.15, 0.2) is 0 Å². The van der Waals surface area contributed by atoms with Crippen LogP contribution in [0.15, 0.2) is 0 Å². The molecule has 15 heavy (non-hydrogen) atoms. The summed E-state index contributed by atoms with van der Waals surface area (Å²) in [4.78, 5) is 0. The molecule has 0 spiro atoms. The van der Waals surface area contributed by atoms with Crippen molar-refractivity contribution in [2.24, 2.45) is 5.73 Å². The highest BCUT2D eigenvalue weighted by Crippen LogP contribution is 2.19. The Balaban J connectivity index is 1.96. The van der Waals surface area contributed by atoms with Crippen molar-refractivity contribution in [2.75, 3.05) is 13.2 Å². The van der Waals surface area contributed by atoms with Crippen LogP contribution in [0.4, 0.5) is 0 Å². The molecule has 0 aliphatic heterocycles. The van der Waals surface area contributed by atoms with E-state index in [1.54, 1.807) is 0 Å². The van der Waals surface area contributed by atoms with Crippen molar-refractivity contribution >= 4 is 0 Å². The largest absolute Gasteiger partial charge is 0.377 e. The van der Waals surface area contributed by atoms with Crippen molar-refractivity contribution in [2.45, 2.75) is 64.1 Å². The van der Waals surface area contributed by atoms with E-state index in [9.17, 15) is 0 Å². The van der Waals surface area contributed by atoms with Crippen molar-refractivity contribution < 1.29 is 4.74 Å². The predicted octanol–water partition coefficient (Wildman–Crippen LogP) is 1.66. The average molecular weight is 214 g/mol. The van der Waals surface area contributed by atoms with Crippen molar-refractivity contribution in [1.82, 2.24) is 5.32 Å². The number of nitrogens with one attached hydrogen (secondary N) is 1. The Hall–Kier alpha value is -0.120. The van der Waals surface area contributed by atoms with Crippen LogP contribution < -0.4 is 11.1 Å². The van der Waals surface area contributed by atoms with Gasteiger partial charge in [-0.3, -0.25) is 0 Å². The summed E-state index contributed by atoms with van der Waals surface area (Å²) in [5.41, 5.74) is 5.84. The number of hydrogen-bond acceptors (Lipinski definition) is 3. The Bertz CT molecular complexity index is 156. The minimum atomic E-state index is 0.420. The van der Waals surface area contributed by atoms with Gasteiger partial charge in [-0.1, -0.05) is 6.92 Å². The molecule has 1 saturated carbocycles. The van der Waals surface area contributed by atoms with Gasteiger partial charge in [-0.2, -0.15) is 0 Å². The van der Waals surface area contributed by atoms with Crippen LogP contribution in [0.2, 0.25) is 0 Å². The van der Waals surface area contributed by atoms with Crippen LogP contribution in [0, 0.1) is 0 Å². The quantitative estimate of drug-likeness (QED) is 0.661. The molecule has 1 aliphatic rings. The highest BCUT2D eigenvalue weighted by atomic mass is 16.5. The van der Waals surface area contributed by atoms with Crippen molar-refractivity contribution in [1.29, 1.82) is 0 Å². The molecule has 3 N–H and O–H groups in total. The van der Waals surface area contributed by atoms with E-state index in [0.29, 0.717) is 18.2 Å². The van der Waals surface area contributed by atoms with Gasteiger partial charge in [0.2, 0.25) is 0 Å². The Morgan fingerprint density at radius 3 is 2.60 bits per heavy atom. The van der Waals surface area contributed by atoms with Gasteiger partial charge in [-0.25, -0.2) is 0 Å². The first kappa shape index (κ1) is 12.9. The third kappa shape index (κ3) is 5.50. The first-order chi connectivity index (χ1) is 7.22. The van der Waals surface area contributed by atoms with E-state index in [1.165, 1.54) is 6.42 Å². The highest BCUT2D eigenvalue weighted by molar-refractivity contribution is 4.74. The molecule has 3 heteroatoms. The van der Waals surface area contributed by atoms with Crippen molar-refractivity contribution in [3.63, 3.8) is 0 Å². The highest BCUT2D eigenvalue weighted by Gasteiger charge is 2.18. The molecule has 3 nitrogen and oxygen atoms in total. The molecule has 0 radical (unpaired) electrons. The van der Waals surface area contributed by atoms with E-state index in [0.717, 1.165) is 38.8 Å². The third-order valence-electron chi connectivity index (χ3n) is 3.28. The topological polar surface area (TPSA) is 47.3 Å². The maximum Gasteiger partial charge on any atom is 0.0594 e. The lowest BCUT2D eigenvalue weighted by Crippen LogP contribution is -2.33. The van der Waals surface area contributed by atoms with Gasteiger partial charge >= 0.3 is 0 Å². The maximum absolute atomic E-state index is 5.84. The third-order valence-corrected chi connectivity index (χ3v) is 3.28. The summed E-state index contributed by atoms with van der Waals surface area (Å²) in [6, 6.07) is 1.02. The maximum atomic E-state index is 5.84. The van der Waals surface area contributed by atoms with Crippen LogP contribution in [0.5, 0.6) is 0 Å². The normalized spacial score (nSPS) is 29.0. The molecular formula is C12H26N2O. The lowest BCUT2D eigenvalue weighted by molar-refractivity contribution is 0.0262. The summed E-state index contributed by atoms with van der Waals surface area (Å²) < 4.78 is 5.81. The number of nitrogens with two attached hydrogens (primary N) is 1. The zero-order chi connectivity index (χ0) is 11.1. The second kappa shape index (κ2) is 7.20. The van der Waals surface area contributed by atoms with E-state index in [1.807, 2.05) is 0 Å². The van der Waals surface area contributed by atoms with Crippen molar-refractivity contribution in [3.8, 4) is 0 Å². The number of rotatable bonds is 6. The van der Waals surface area contributed by atoms with Gasteiger partial charge in [0, 0.05) is 18.6 Å². The number of ether oxygens (including phenoxy) is 1. The van der Waals surface area contributed by atoms with Crippen LogP contribution in [0.25, 0.3) is 0 Å². The van der Waals surface area contributed by atoms with Crippen LogP contribution in [-0.4, -0.2) is 31.3 Å². The Morgan fingerprint density at radius 2 is 2.00 bits per heavy atom. The fourth-order valence-corrected chi connectivity index (χ4v) is 1.93. The standard InChI is InChI=1S/C12H26N2O/c1-3-10(2)14-8-9-15-12-6-4-11(13)5-7-12/h10-12,14H,3-9,13H2,1-2H3. The van der Waals surface area contributed by atoms with Crippen LogP contribution in [0.1, 0.15) is 46.0 Å². The molecule has 90 valence electrons. The molecule has 1 aliphatic carbocycles. The Morgan fingerprint density at radius 1 is 1.33 bits per heavy atom. The Kier molecular flexibility index (Phi) is 6.22. The molecule has 0 bridgehead atoms. The van der Waals surface area contributed by atoms with Crippen LogP contribution >= 0.6 is 0 Å². The van der Waals surface area contributed by atoms with E-state index in [-0.39, 0.29) is 0 Å². The minimum absolute atomic E-state index is 0.420. The van der Waals surface area contributed by atoms with Gasteiger partial charge in [-0.15, -0.1) is 0 Å². The monoisotopic (exact) mass is 214 g/mol. The molecule has 0 amide bonds. The molecule has 1 atom stereocenters. The lowest BCUT2D eigenvalue weighted by atomic mass is 9.94. The fraction of sp³-hybridized carbons (Fsp3) is 1.00. The zero-order valence-electron chi connectivity index (χ0n) is 10.2. The molecule has 0 aromatic heterocycles. The summed E-state index contributed by atoms with van der Waals surface area (Å²) in [5.74, 6) is 0. The SMILES string of the molecule is CCC(C)NCCOC1CCC(N)CC1. The smallest absolute Gasteiger partial charge is 0.0594 e. The van der Waals surface area contributed by atoms with Crippen molar-refractivity contribution in [3.05, 3.63) is 0 Å². The second-order valence-electron chi connectivity index (χ2n) is 4.67. The molecule has 0 aromatic carbocycles. The minimum Gasteiger partial charge on any atom is -0.377 e. The zero-order valence-corrected chi connectivity index (χ0v) is 10.2. The summed E-state index contributed by atoms with van der Waals surface area (Å²) in [5, 5.41) is 3.43. The fourth-order valence-electron chi connectivity index (χ4n) is 1.93. The molecular weight excluding hydrogens is 188 g/mol. The van der Waals surface area contributed by atoms with Gasteiger partial charge in [0.05, 0.1) is 12.7 Å². The van der Waals surface area contributed by atoms with E-state index in [2.05, 4.69) is 19.2 Å². The average Bonchev–Trinajstić information content (AvgIpc) is 2.26. The first-order valence-electron chi connectivity index (χ1n) is 6.33. The van der Waals surface area contributed by atoms with E-state index in [4.69, 9.17) is 10.5 Å². The van der Waals surface area contributed by atoms with Gasteiger partial charge in [0.25, 0.3) is 0 Å². The van der Waals surface area contributed by atoms with Gasteiger partial charge < -0.3 is 15.8 Å².